The number of Topliss-reactive ketones (excluding diaryl/α,β-unsaturated/α-hetero) is 1. The summed E-state index contributed by atoms with van der Waals surface area (Å²) in [6.45, 7) is 1.94. The standard InChI is InChI=1S/C20H19FN2O4S/c1-20(8-9-20)22-28(26,27)16-6-7-17-14(10-16)11-18(24)19(25)23(17)12-13-2-4-15(21)5-3-13/h2-7,10,22H,8-9,11-12H2,1H3. The molecule has 1 N–H and O–H groups in total. The number of nitrogens with zero attached hydrogens (tertiary/aromatic N) is 1. The van der Waals surface area contributed by atoms with E-state index in [4.69, 9.17) is 0 Å². The minimum atomic E-state index is -3.71. The molecule has 8 heteroatoms. The first-order valence-corrected chi connectivity index (χ1v) is 10.4. The number of halogens is 1. The predicted molar refractivity (Wildman–Crippen MR) is 101 cm³/mol. The van der Waals surface area contributed by atoms with Crippen LogP contribution in [0.5, 0.6) is 0 Å². The second-order valence-corrected chi connectivity index (χ2v) is 9.26. The zero-order chi connectivity index (χ0) is 20.1. The highest BCUT2D eigenvalue weighted by molar-refractivity contribution is 7.89. The van der Waals surface area contributed by atoms with Crippen LogP contribution < -0.4 is 9.62 Å². The van der Waals surface area contributed by atoms with Gasteiger partial charge in [-0.15, -0.1) is 0 Å². The first-order valence-electron chi connectivity index (χ1n) is 8.93. The monoisotopic (exact) mass is 402 g/mol. The highest BCUT2D eigenvalue weighted by atomic mass is 32.2. The van der Waals surface area contributed by atoms with E-state index in [1.807, 2.05) is 6.92 Å². The lowest BCUT2D eigenvalue weighted by Crippen LogP contribution is -2.41. The molecule has 2 aliphatic rings. The molecule has 0 saturated heterocycles. The summed E-state index contributed by atoms with van der Waals surface area (Å²) < 4.78 is 41.0. The summed E-state index contributed by atoms with van der Waals surface area (Å²) in [5.74, 6) is -1.65. The maximum Gasteiger partial charge on any atom is 0.295 e. The summed E-state index contributed by atoms with van der Waals surface area (Å²) in [4.78, 5) is 26.0. The van der Waals surface area contributed by atoms with Gasteiger partial charge in [0.2, 0.25) is 15.8 Å². The average Bonchev–Trinajstić information content (AvgIpc) is 3.36. The number of carbonyl (C=O) groups is 2. The van der Waals surface area contributed by atoms with E-state index in [2.05, 4.69) is 4.72 Å². The summed E-state index contributed by atoms with van der Waals surface area (Å²) >= 11 is 0. The van der Waals surface area contributed by atoms with E-state index in [0.717, 1.165) is 12.8 Å². The lowest BCUT2D eigenvalue weighted by molar-refractivity contribution is -0.136. The van der Waals surface area contributed by atoms with Gasteiger partial charge in [0.25, 0.3) is 5.91 Å². The van der Waals surface area contributed by atoms with Crippen LogP contribution in [0.15, 0.2) is 47.4 Å². The molecule has 2 aromatic carbocycles. The first-order chi connectivity index (χ1) is 13.2. The Labute approximate surface area is 162 Å². The Kier molecular flexibility index (Phi) is 4.35. The molecule has 0 aromatic heterocycles. The summed E-state index contributed by atoms with van der Waals surface area (Å²) in [5.41, 5.74) is 1.23. The van der Waals surface area contributed by atoms with Crippen molar-refractivity contribution >= 4 is 27.4 Å². The van der Waals surface area contributed by atoms with Crippen molar-refractivity contribution in [3.8, 4) is 0 Å². The molecule has 0 unspecified atom stereocenters. The van der Waals surface area contributed by atoms with E-state index < -0.39 is 33.1 Å². The average molecular weight is 402 g/mol. The number of fused-ring (bicyclic) bond motifs is 1. The molecular weight excluding hydrogens is 383 g/mol. The number of amides is 1. The van der Waals surface area contributed by atoms with E-state index in [1.54, 1.807) is 18.2 Å². The number of hydrogen-bond donors (Lipinski definition) is 1. The molecule has 28 heavy (non-hydrogen) atoms. The van der Waals surface area contributed by atoms with E-state index >= 15 is 0 Å². The second-order valence-electron chi connectivity index (χ2n) is 7.57. The Morgan fingerprint density at radius 1 is 1.11 bits per heavy atom. The van der Waals surface area contributed by atoms with Gasteiger partial charge in [-0.25, -0.2) is 17.5 Å². The van der Waals surface area contributed by atoms with Crippen molar-refractivity contribution in [1.29, 1.82) is 0 Å². The summed E-state index contributed by atoms with van der Waals surface area (Å²) in [6, 6.07) is 10.1. The lowest BCUT2D eigenvalue weighted by Gasteiger charge is -2.29. The van der Waals surface area contributed by atoms with Gasteiger partial charge in [0.05, 0.1) is 11.4 Å². The van der Waals surface area contributed by atoms with Crippen LogP contribution in [0.25, 0.3) is 0 Å². The summed E-state index contributed by atoms with van der Waals surface area (Å²) in [7, 11) is -3.71. The maximum atomic E-state index is 13.1. The van der Waals surface area contributed by atoms with Crippen LogP contribution in [0.4, 0.5) is 10.1 Å². The third kappa shape index (κ3) is 3.57. The van der Waals surface area contributed by atoms with Crippen LogP contribution in [-0.2, 0) is 32.6 Å². The molecule has 4 rings (SSSR count). The molecule has 0 radical (unpaired) electrons. The van der Waals surface area contributed by atoms with E-state index in [1.165, 1.54) is 29.2 Å². The number of anilines is 1. The lowest BCUT2D eigenvalue weighted by atomic mass is 9.99. The minimum absolute atomic E-state index is 0.0725. The zero-order valence-electron chi connectivity index (χ0n) is 15.2. The van der Waals surface area contributed by atoms with Gasteiger partial charge in [0.15, 0.2) is 0 Å². The molecule has 1 fully saturated rings. The Morgan fingerprint density at radius 2 is 1.79 bits per heavy atom. The molecule has 1 heterocycles. The molecule has 2 aromatic rings. The number of hydrogen-bond acceptors (Lipinski definition) is 4. The normalized spacial score (nSPS) is 18.1. The van der Waals surface area contributed by atoms with Crippen LogP contribution in [0.2, 0.25) is 0 Å². The summed E-state index contributed by atoms with van der Waals surface area (Å²) in [5, 5.41) is 0. The molecule has 1 aliphatic heterocycles. The molecule has 0 atom stereocenters. The Morgan fingerprint density at radius 3 is 2.43 bits per heavy atom. The molecule has 0 bridgehead atoms. The quantitative estimate of drug-likeness (QED) is 0.778. The third-order valence-electron chi connectivity index (χ3n) is 5.12. The fraction of sp³-hybridized carbons (Fsp3) is 0.300. The number of rotatable bonds is 5. The second kappa shape index (κ2) is 6.49. The maximum absolute atomic E-state index is 13.1. The van der Waals surface area contributed by atoms with Crippen molar-refractivity contribution in [2.75, 3.05) is 4.90 Å². The largest absolute Gasteiger partial charge is 0.301 e. The smallest absolute Gasteiger partial charge is 0.295 e. The van der Waals surface area contributed by atoms with Crippen LogP contribution in [0.1, 0.15) is 30.9 Å². The minimum Gasteiger partial charge on any atom is -0.301 e. The Bertz CT molecular complexity index is 1080. The molecule has 0 spiro atoms. The molecule has 1 amide bonds. The van der Waals surface area contributed by atoms with Crippen LogP contribution in [0.3, 0.4) is 0 Å². The van der Waals surface area contributed by atoms with Crippen LogP contribution >= 0.6 is 0 Å². The highest BCUT2D eigenvalue weighted by Gasteiger charge is 2.41. The van der Waals surface area contributed by atoms with Crippen LogP contribution in [0, 0.1) is 5.82 Å². The van der Waals surface area contributed by atoms with Gasteiger partial charge in [-0.05, 0) is 61.2 Å². The highest BCUT2D eigenvalue weighted by Crippen LogP contribution is 2.37. The van der Waals surface area contributed by atoms with Gasteiger partial charge in [0.1, 0.15) is 5.82 Å². The molecule has 1 aliphatic carbocycles. The number of benzene rings is 2. The van der Waals surface area contributed by atoms with Gasteiger partial charge in [-0.2, -0.15) is 0 Å². The number of sulfonamides is 1. The SMILES string of the molecule is CC1(NS(=O)(=O)c2ccc3c(c2)CC(=O)C(=O)N3Cc2ccc(F)cc2)CC1. The van der Waals surface area contributed by atoms with E-state index in [9.17, 15) is 22.4 Å². The fourth-order valence-corrected chi connectivity index (χ4v) is 4.76. The predicted octanol–water partition coefficient (Wildman–Crippen LogP) is 2.31. The number of carbonyl (C=O) groups excluding carboxylic acids is 2. The van der Waals surface area contributed by atoms with Gasteiger partial charge in [-0.3, -0.25) is 9.59 Å². The van der Waals surface area contributed by atoms with E-state index in [0.29, 0.717) is 16.8 Å². The third-order valence-corrected chi connectivity index (χ3v) is 6.76. The first kappa shape index (κ1) is 18.8. The zero-order valence-corrected chi connectivity index (χ0v) is 16.1. The van der Waals surface area contributed by atoms with Crippen molar-refractivity contribution < 1.29 is 22.4 Å². The van der Waals surface area contributed by atoms with Crippen LogP contribution in [-0.4, -0.2) is 25.6 Å². The van der Waals surface area contributed by atoms with Gasteiger partial charge in [-0.1, -0.05) is 12.1 Å². The van der Waals surface area contributed by atoms with Gasteiger partial charge >= 0.3 is 0 Å². The Balaban J connectivity index is 1.67. The molecule has 146 valence electrons. The molecule has 1 saturated carbocycles. The van der Waals surface area contributed by atoms with Gasteiger partial charge < -0.3 is 4.90 Å². The number of ketones is 1. The van der Waals surface area contributed by atoms with Crippen molar-refractivity contribution in [2.45, 2.75) is 43.2 Å². The van der Waals surface area contributed by atoms with E-state index in [-0.39, 0.29) is 17.9 Å². The van der Waals surface area contributed by atoms with Crippen molar-refractivity contribution in [2.24, 2.45) is 0 Å². The molecular formula is C20H19FN2O4S. The van der Waals surface area contributed by atoms with Crippen molar-refractivity contribution in [1.82, 2.24) is 4.72 Å². The molecule has 6 nitrogen and oxygen atoms in total. The van der Waals surface area contributed by atoms with Crippen molar-refractivity contribution in [3.05, 3.63) is 59.4 Å². The van der Waals surface area contributed by atoms with Crippen molar-refractivity contribution in [3.63, 3.8) is 0 Å². The summed E-state index contributed by atoms with van der Waals surface area (Å²) in [6.07, 6.45) is 1.43. The van der Waals surface area contributed by atoms with Gasteiger partial charge in [0, 0.05) is 17.6 Å². The topological polar surface area (TPSA) is 83.5 Å². The Hall–Kier alpha value is -2.58. The fourth-order valence-electron chi connectivity index (χ4n) is 3.24. The number of nitrogens with one attached hydrogen (secondary N) is 1.